The molecular formula is C24H25BrN2O7. The number of amides is 4. The number of nitrogens with one attached hydrogen (secondary N) is 1. The normalized spacial score (nSPS) is 14.8. The molecule has 0 unspecified atom stereocenters. The molecule has 0 saturated carbocycles. The van der Waals surface area contributed by atoms with E-state index in [2.05, 4.69) is 21.2 Å². The Kier molecular flexibility index (Phi) is 8.17. The summed E-state index contributed by atoms with van der Waals surface area (Å²) in [5.74, 6) is 0.0592. The molecule has 0 aliphatic carbocycles. The van der Waals surface area contributed by atoms with Crippen molar-refractivity contribution in [3.63, 3.8) is 0 Å². The second-order valence-corrected chi connectivity index (χ2v) is 7.77. The van der Waals surface area contributed by atoms with Crippen LogP contribution in [0.2, 0.25) is 0 Å². The van der Waals surface area contributed by atoms with Crippen LogP contribution < -0.4 is 29.2 Å². The van der Waals surface area contributed by atoms with Crippen LogP contribution in [0.25, 0.3) is 6.08 Å². The Morgan fingerprint density at radius 3 is 2.24 bits per heavy atom. The SMILES string of the molecule is CCOc1ccc(OCC)c(N2C(=O)NC(=O)/C(=C\c3cc(OC)c(OCC)cc3Br)C2=O)c1. The van der Waals surface area contributed by atoms with Crippen molar-refractivity contribution >= 4 is 45.5 Å². The number of hydrogen-bond donors (Lipinski definition) is 1. The van der Waals surface area contributed by atoms with Gasteiger partial charge in [0.2, 0.25) is 0 Å². The van der Waals surface area contributed by atoms with Gasteiger partial charge in [-0.1, -0.05) is 15.9 Å². The van der Waals surface area contributed by atoms with Crippen LogP contribution in [0.1, 0.15) is 26.3 Å². The van der Waals surface area contributed by atoms with Crippen molar-refractivity contribution in [1.29, 1.82) is 0 Å². The quantitative estimate of drug-likeness (QED) is 0.378. The van der Waals surface area contributed by atoms with Crippen molar-refractivity contribution in [2.45, 2.75) is 20.8 Å². The number of barbiturate groups is 1. The minimum Gasteiger partial charge on any atom is -0.494 e. The van der Waals surface area contributed by atoms with Gasteiger partial charge in [0.25, 0.3) is 11.8 Å². The van der Waals surface area contributed by atoms with Crippen LogP contribution in [-0.2, 0) is 9.59 Å². The van der Waals surface area contributed by atoms with E-state index in [-0.39, 0.29) is 11.3 Å². The van der Waals surface area contributed by atoms with Gasteiger partial charge in [-0.2, -0.15) is 0 Å². The Bertz CT molecular complexity index is 1150. The van der Waals surface area contributed by atoms with Gasteiger partial charge in [0.1, 0.15) is 17.1 Å². The van der Waals surface area contributed by atoms with E-state index >= 15 is 0 Å². The zero-order valence-electron chi connectivity index (χ0n) is 19.3. The first-order chi connectivity index (χ1) is 16.3. The fourth-order valence-corrected chi connectivity index (χ4v) is 3.76. The molecule has 9 nitrogen and oxygen atoms in total. The van der Waals surface area contributed by atoms with Gasteiger partial charge in [0.05, 0.1) is 32.6 Å². The maximum Gasteiger partial charge on any atom is 0.336 e. The molecule has 2 aromatic rings. The lowest BCUT2D eigenvalue weighted by Gasteiger charge is -2.28. The van der Waals surface area contributed by atoms with E-state index in [1.807, 2.05) is 13.8 Å². The van der Waals surface area contributed by atoms with Crippen LogP contribution >= 0.6 is 15.9 Å². The predicted molar refractivity (Wildman–Crippen MR) is 130 cm³/mol. The molecule has 1 N–H and O–H groups in total. The Hall–Kier alpha value is -3.53. The molecule has 4 amide bonds. The first-order valence-corrected chi connectivity index (χ1v) is 11.4. The van der Waals surface area contributed by atoms with Crippen molar-refractivity contribution in [2.75, 3.05) is 31.8 Å². The van der Waals surface area contributed by atoms with Gasteiger partial charge in [0, 0.05) is 10.5 Å². The molecule has 1 heterocycles. The van der Waals surface area contributed by atoms with E-state index < -0.39 is 17.8 Å². The highest BCUT2D eigenvalue weighted by molar-refractivity contribution is 9.10. The minimum absolute atomic E-state index is 0.164. The lowest BCUT2D eigenvalue weighted by molar-refractivity contribution is -0.122. The molecule has 180 valence electrons. The van der Waals surface area contributed by atoms with E-state index in [0.717, 1.165) is 4.90 Å². The Labute approximate surface area is 205 Å². The molecule has 2 aromatic carbocycles. The monoisotopic (exact) mass is 532 g/mol. The molecule has 1 aliphatic heterocycles. The highest BCUT2D eigenvalue weighted by Gasteiger charge is 2.38. The summed E-state index contributed by atoms with van der Waals surface area (Å²) in [4.78, 5) is 39.6. The van der Waals surface area contributed by atoms with Crippen molar-refractivity contribution in [3.05, 3.63) is 45.9 Å². The number of ether oxygens (including phenoxy) is 4. The summed E-state index contributed by atoms with van der Waals surface area (Å²) in [7, 11) is 1.49. The maximum absolute atomic E-state index is 13.4. The molecular weight excluding hydrogens is 508 g/mol. The highest BCUT2D eigenvalue weighted by atomic mass is 79.9. The van der Waals surface area contributed by atoms with Crippen LogP contribution in [0.3, 0.4) is 0 Å². The van der Waals surface area contributed by atoms with Gasteiger partial charge in [0.15, 0.2) is 11.5 Å². The lowest BCUT2D eigenvalue weighted by Crippen LogP contribution is -2.54. The summed E-state index contributed by atoms with van der Waals surface area (Å²) in [6, 6.07) is 7.24. The standard InChI is InChI=1S/C24H25BrN2O7/c1-5-32-15-8-9-19(33-6-2)18(12-15)27-23(29)16(22(28)26-24(27)30)10-14-11-20(31-4)21(34-7-3)13-17(14)25/h8-13H,5-7H2,1-4H3,(H,26,28,30)/b16-10+. The average Bonchev–Trinajstić information content (AvgIpc) is 2.80. The van der Waals surface area contributed by atoms with E-state index in [9.17, 15) is 14.4 Å². The second-order valence-electron chi connectivity index (χ2n) is 6.91. The number of benzene rings is 2. The fraction of sp³-hybridized carbons (Fsp3) is 0.292. The van der Waals surface area contributed by atoms with Crippen LogP contribution in [0.15, 0.2) is 40.4 Å². The van der Waals surface area contributed by atoms with Gasteiger partial charge in [-0.05, 0) is 56.7 Å². The largest absolute Gasteiger partial charge is 0.494 e. The van der Waals surface area contributed by atoms with E-state index in [1.54, 1.807) is 31.2 Å². The summed E-state index contributed by atoms with van der Waals surface area (Å²) in [6.45, 7) is 6.58. The Morgan fingerprint density at radius 2 is 1.59 bits per heavy atom. The van der Waals surface area contributed by atoms with Crippen LogP contribution in [0.5, 0.6) is 23.0 Å². The number of rotatable bonds is 9. The van der Waals surface area contributed by atoms with Crippen LogP contribution in [0, 0.1) is 0 Å². The first kappa shape index (κ1) is 25.1. The molecule has 1 fully saturated rings. The molecule has 0 radical (unpaired) electrons. The number of methoxy groups -OCH3 is 1. The van der Waals surface area contributed by atoms with Crippen molar-refractivity contribution < 1.29 is 33.3 Å². The third-order valence-electron chi connectivity index (χ3n) is 4.77. The average molecular weight is 533 g/mol. The molecule has 0 atom stereocenters. The molecule has 0 spiro atoms. The molecule has 1 saturated heterocycles. The van der Waals surface area contributed by atoms with Gasteiger partial charge < -0.3 is 18.9 Å². The zero-order chi connectivity index (χ0) is 24.8. The third-order valence-corrected chi connectivity index (χ3v) is 5.45. The number of anilines is 1. The van der Waals surface area contributed by atoms with E-state index in [0.29, 0.717) is 52.9 Å². The van der Waals surface area contributed by atoms with Gasteiger partial charge in [-0.3, -0.25) is 14.9 Å². The summed E-state index contributed by atoms with van der Waals surface area (Å²) < 4.78 is 22.6. The number of nitrogens with zero attached hydrogens (tertiary/aromatic N) is 1. The number of imide groups is 2. The smallest absolute Gasteiger partial charge is 0.336 e. The third kappa shape index (κ3) is 5.17. The zero-order valence-corrected chi connectivity index (χ0v) is 20.9. The molecule has 10 heteroatoms. The topological polar surface area (TPSA) is 103 Å². The van der Waals surface area contributed by atoms with Crippen LogP contribution in [0.4, 0.5) is 10.5 Å². The molecule has 34 heavy (non-hydrogen) atoms. The van der Waals surface area contributed by atoms with Gasteiger partial charge >= 0.3 is 6.03 Å². The summed E-state index contributed by atoms with van der Waals surface area (Å²) >= 11 is 3.44. The Balaban J connectivity index is 2.09. The number of hydrogen-bond acceptors (Lipinski definition) is 7. The number of carbonyl (C=O) groups excluding carboxylic acids is 3. The molecule has 1 aliphatic rings. The summed E-state index contributed by atoms with van der Waals surface area (Å²) in [5.41, 5.74) is 0.411. The van der Waals surface area contributed by atoms with Crippen molar-refractivity contribution in [3.8, 4) is 23.0 Å². The second kappa shape index (κ2) is 11.1. The van der Waals surface area contributed by atoms with E-state index in [1.165, 1.54) is 19.3 Å². The van der Waals surface area contributed by atoms with Crippen LogP contribution in [-0.4, -0.2) is 44.8 Å². The summed E-state index contributed by atoms with van der Waals surface area (Å²) in [5, 5.41) is 2.22. The summed E-state index contributed by atoms with van der Waals surface area (Å²) in [6.07, 6.45) is 1.38. The Morgan fingerprint density at radius 1 is 0.912 bits per heavy atom. The fourth-order valence-electron chi connectivity index (χ4n) is 3.33. The van der Waals surface area contributed by atoms with Crippen molar-refractivity contribution in [1.82, 2.24) is 5.32 Å². The maximum atomic E-state index is 13.4. The highest BCUT2D eigenvalue weighted by Crippen LogP contribution is 2.37. The molecule has 0 aromatic heterocycles. The number of urea groups is 1. The predicted octanol–water partition coefficient (Wildman–Crippen LogP) is 4.32. The molecule has 0 bridgehead atoms. The van der Waals surface area contributed by atoms with Gasteiger partial charge in [-0.15, -0.1) is 0 Å². The minimum atomic E-state index is -0.884. The number of carbonyl (C=O) groups is 3. The first-order valence-electron chi connectivity index (χ1n) is 10.7. The van der Waals surface area contributed by atoms with Gasteiger partial charge in [-0.25, -0.2) is 9.69 Å². The lowest BCUT2D eigenvalue weighted by atomic mass is 10.1. The van der Waals surface area contributed by atoms with E-state index in [4.69, 9.17) is 18.9 Å². The number of halogens is 1. The molecule has 3 rings (SSSR count). The van der Waals surface area contributed by atoms with Crippen molar-refractivity contribution in [2.24, 2.45) is 0 Å².